The van der Waals surface area contributed by atoms with Gasteiger partial charge in [0.2, 0.25) is 0 Å². The molecule has 2 aromatic carbocycles. The number of benzene rings is 2. The first-order valence-corrected chi connectivity index (χ1v) is 8.32. The molecular formula is C20H25NO2. The van der Waals surface area contributed by atoms with Gasteiger partial charge in [0.1, 0.15) is 5.75 Å². The highest BCUT2D eigenvalue weighted by molar-refractivity contribution is 5.95. The van der Waals surface area contributed by atoms with Crippen LogP contribution in [-0.2, 0) is 17.6 Å². The third kappa shape index (κ3) is 4.59. The van der Waals surface area contributed by atoms with Crippen LogP contribution >= 0.6 is 0 Å². The number of carbonyl (C=O) groups excluding carboxylic acids is 1. The van der Waals surface area contributed by atoms with Gasteiger partial charge in [-0.1, -0.05) is 51.1 Å². The minimum Gasteiger partial charge on any atom is -0.481 e. The second-order valence-electron chi connectivity index (χ2n) is 5.51. The van der Waals surface area contributed by atoms with Gasteiger partial charge in [-0.2, -0.15) is 0 Å². The number of carbonyl (C=O) groups is 1. The smallest absolute Gasteiger partial charge is 0.265 e. The van der Waals surface area contributed by atoms with Gasteiger partial charge in [0, 0.05) is 5.69 Å². The fourth-order valence-electron chi connectivity index (χ4n) is 2.45. The van der Waals surface area contributed by atoms with Crippen molar-refractivity contribution >= 4 is 11.6 Å². The lowest BCUT2D eigenvalue weighted by molar-refractivity contribution is -0.122. The lowest BCUT2D eigenvalue weighted by Crippen LogP contribution is -2.32. The summed E-state index contributed by atoms with van der Waals surface area (Å²) in [6, 6.07) is 15.8. The average Bonchev–Trinajstić information content (AvgIpc) is 2.60. The first-order chi connectivity index (χ1) is 11.2. The van der Waals surface area contributed by atoms with Crippen molar-refractivity contribution in [1.29, 1.82) is 0 Å². The predicted octanol–water partition coefficient (Wildman–Crippen LogP) is 4.61. The molecule has 0 fully saturated rings. The Morgan fingerprint density at radius 3 is 2.30 bits per heavy atom. The summed E-state index contributed by atoms with van der Waals surface area (Å²) in [5.74, 6) is 0.626. The second-order valence-corrected chi connectivity index (χ2v) is 5.51. The number of hydrogen-bond donors (Lipinski definition) is 1. The maximum atomic E-state index is 12.5. The summed E-state index contributed by atoms with van der Waals surface area (Å²) in [5, 5.41) is 2.99. The minimum atomic E-state index is -0.493. The highest BCUT2D eigenvalue weighted by atomic mass is 16.5. The van der Waals surface area contributed by atoms with Crippen molar-refractivity contribution in [2.45, 2.75) is 46.1 Å². The van der Waals surface area contributed by atoms with Crippen molar-refractivity contribution in [3.05, 3.63) is 59.7 Å². The third-order valence-corrected chi connectivity index (χ3v) is 3.93. The quantitative estimate of drug-likeness (QED) is 0.811. The van der Waals surface area contributed by atoms with E-state index in [1.54, 1.807) is 0 Å². The van der Waals surface area contributed by atoms with Crippen molar-refractivity contribution < 1.29 is 9.53 Å². The van der Waals surface area contributed by atoms with Gasteiger partial charge in [0.05, 0.1) is 0 Å². The number of aryl methyl sites for hydroxylation is 2. The molecule has 0 heterocycles. The molecule has 2 aromatic rings. The molecule has 1 atom stereocenters. The van der Waals surface area contributed by atoms with Crippen molar-refractivity contribution in [2.75, 3.05) is 5.32 Å². The topological polar surface area (TPSA) is 38.3 Å². The van der Waals surface area contributed by atoms with Crippen LogP contribution in [0.1, 0.15) is 38.3 Å². The first-order valence-electron chi connectivity index (χ1n) is 8.32. The van der Waals surface area contributed by atoms with E-state index in [-0.39, 0.29) is 5.91 Å². The number of nitrogens with one attached hydrogen (secondary N) is 1. The third-order valence-electron chi connectivity index (χ3n) is 3.93. The maximum Gasteiger partial charge on any atom is 0.265 e. The largest absolute Gasteiger partial charge is 0.481 e. The SMILES string of the molecule is CCc1ccc(O[C@H](CC)C(=O)Nc2ccccc2CC)cc1. The molecule has 0 aliphatic heterocycles. The molecule has 0 bridgehead atoms. The predicted molar refractivity (Wildman–Crippen MR) is 95.0 cm³/mol. The number of hydrogen-bond acceptors (Lipinski definition) is 2. The van der Waals surface area contributed by atoms with E-state index in [1.165, 1.54) is 5.56 Å². The molecule has 122 valence electrons. The van der Waals surface area contributed by atoms with Crippen LogP contribution in [0, 0.1) is 0 Å². The molecule has 23 heavy (non-hydrogen) atoms. The summed E-state index contributed by atoms with van der Waals surface area (Å²) < 4.78 is 5.86. The molecule has 1 N–H and O–H groups in total. The Morgan fingerprint density at radius 2 is 1.70 bits per heavy atom. The van der Waals surface area contributed by atoms with Gasteiger partial charge in [-0.3, -0.25) is 4.79 Å². The Hall–Kier alpha value is -2.29. The van der Waals surface area contributed by atoms with E-state index in [4.69, 9.17) is 4.74 Å². The first kappa shape index (κ1) is 17.1. The van der Waals surface area contributed by atoms with Crippen LogP contribution in [0.3, 0.4) is 0 Å². The Kier molecular flexibility index (Phi) is 6.21. The monoisotopic (exact) mass is 311 g/mol. The molecule has 0 aliphatic carbocycles. The molecule has 0 aliphatic rings. The molecular weight excluding hydrogens is 286 g/mol. The highest BCUT2D eigenvalue weighted by Crippen LogP contribution is 2.19. The highest BCUT2D eigenvalue weighted by Gasteiger charge is 2.19. The summed E-state index contributed by atoms with van der Waals surface area (Å²) >= 11 is 0. The van der Waals surface area contributed by atoms with E-state index in [1.807, 2.05) is 55.5 Å². The van der Waals surface area contributed by atoms with Crippen LogP contribution in [0.5, 0.6) is 5.75 Å². The van der Waals surface area contributed by atoms with Crippen molar-refractivity contribution in [1.82, 2.24) is 0 Å². The summed E-state index contributed by atoms with van der Waals surface area (Å²) in [5.41, 5.74) is 3.25. The summed E-state index contributed by atoms with van der Waals surface area (Å²) in [4.78, 5) is 12.5. The van der Waals surface area contributed by atoms with Crippen LogP contribution < -0.4 is 10.1 Å². The summed E-state index contributed by atoms with van der Waals surface area (Å²) in [7, 11) is 0. The zero-order chi connectivity index (χ0) is 16.7. The molecule has 0 saturated heterocycles. The number of para-hydroxylation sites is 1. The molecule has 0 saturated carbocycles. The van der Waals surface area contributed by atoms with Gasteiger partial charge < -0.3 is 10.1 Å². The number of amides is 1. The fraction of sp³-hybridized carbons (Fsp3) is 0.350. The molecule has 0 radical (unpaired) electrons. The van der Waals surface area contributed by atoms with E-state index in [2.05, 4.69) is 19.2 Å². The zero-order valence-corrected chi connectivity index (χ0v) is 14.1. The lowest BCUT2D eigenvalue weighted by Gasteiger charge is -2.18. The van der Waals surface area contributed by atoms with Gasteiger partial charge in [-0.25, -0.2) is 0 Å². The fourth-order valence-corrected chi connectivity index (χ4v) is 2.45. The van der Waals surface area contributed by atoms with E-state index < -0.39 is 6.10 Å². The van der Waals surface area contributed by atoms with E-state index >= 15 is 0 Å². The average molecular weight is 311 g/mol. The van der Waals surface area contributed by atoms with E-state index in [0.29, 0.717) is 6.42 Å². The Morgan fingerprint density at radius 1 is 1.00 bits per heavy atom. The Balaban J connectivity index is 2.05. The van der Waals surface area contributed by atoms with Gasteiger partial charge in [0.15, 0.2) is 6.10 Å². The van der Waals surface area contributed by atoms with Crippen molar-refractivity contribution in [3.63, 3.8) is 0 Å². The van der Waals surface area contributed by atoms with Gasteiger partial charge in [0.25, 0.3) is 5.91 Å². The molecule has 0 aromatic heterocycles. The van der Waals surface area contributed by atoms with Crippen molar-refractivity contribution in [3.8, 4) is 5.75 Å². The lowest BCUT2D eigenvalue weighted by atomic mass is 10.1. The Bertz CT molecular complexity index is 634. The van der Waals surface area contributed by atoms with Gasteiger partial charge >= 0.3 is 0 Å². The molecule has 1 amide bonds. The number of rotatable bonds is 7. The zero-order valence-electron chi connectivity index (χ0n) is 14.1. The molecule has 0 spiro atoms. The maximum absolute atomic E-state index is 12.5. The summed E-state index contributed by atoms with van der Waals surface area (Å²) in [6.45, 7) is 6.15. The van der Waals surface area contributed by atoms with Crippen LogP contribution in [0.4, 0.5) is 5.69 Å². The van der Waals surface area contributed by atoms with Gasteiger partial charge in [-0.05, 0) is 48.6 Å². The molecule has 3 nitrogen and oxygen atoms in total. The van der Waals surface area contributed by atoms with Crippen LogP contribution in [0.15, 0.2) is 48.5 Å². The Labute approximate surface area is 138 Å². The van der Waals surface area contributed by atoms with Crippen molar-refractivity contribution in [2.24, 2.45) is 0 Å². The molecule has 0 unspecified atom stereocenters. The molecule has 2 rings (SSSR count). The normalized spacial score (nSPS) is 11.8. The van der Waals surface area contributed by atoms with E-state index in [0.717, 1.165) is 29.8 Å². The van der Waals surface area contributed by atoms with Crippen LogP contribution in [0.2, 0.25) is 0 Å². The minimum absolute atomic E-state index is 0.104. The van der Waals surface area contributed by atoms with Crippen LogP contribution in [-0.4, -0.2) is 12.0 Å². The van der Waals surface area contributed by atoms with E-state index in [9.17, 15) is 4.79 Å². The standard InChI is InChI=1S/C20H25NO2/c1-4-15-11-13-17(14-12-15)23-19(6-3)20(22)21-18-10-8-7-9-16(18)5-2/h7-14,19H,4-6H2,1-3H3,(H,21,22)/t19-/m1/s1. The van der Waals surface area contributed by atoms with Gasteiger partial charge in [-0.15, -0.1) is 0 Å². The second kappa shape index (κ2) is 8.37. The summed E-state index contributed by atoms with van der Waals surface area (Å²) in [6.07, 6.45) is 2.00. The van der Waals surface area contributed by atoms with Crippen LogP contribution in [0.25, 0.3) is 0 Å². The molecule has 3 heteroatoms. The number of ether oxygens (including phenoxy) is 1. The number of anilines is 1.